The molecule has 21 heavy (non-hydrogen) atoms. The molecule has 0 aliphatic heterocycles. The summed E-state index contributed by atoms with van der Waals surface area (Å²) in [6, 6.07) is 14.4. The molecule has 0 fully saturated rings. The van der Waals surface area contributed by atoms with Crippen molar-refractivity contribution < 1.29 is 4.79 Å². The van der Waals surface area contributed by atoms with Gasteiger partial charge in [-0.2, -0.15) is 0 Å². The number of imidazole rings is 1. The topological polar surface area (TPSA) is 34.9 Å². The molecule has 1 aromatic heterocycles. The summed E-state index contributed by atoms with van der Waals surface area (Å²) >= 11 is 9.43. The Labute approximate surface area is 135 Å². The van der Waals surface area contributed by atoms with Crippen LogP contribution in [0.2, 0.25) is 5.02 Å². The van der Waals surface area contributed by atoms with Crippen LogP contribution in [0.1, 0.15) is 15.9 Å². The molecule has 2 aromatic carbocycles. The largest absolute Gasteiger partial charge is 0.294 e. The van der Waals surface area contributed by atoms with Crippen LogP contribution in [0.25, 0.3) is 5.69 Å². The molecule has 0 saturated heterocycles. The fourth-order valence-electron chi connectivity index (χ4n) is 2.11. The predicted molar refractivity (Wildman–Crippen MR) is 86.1 cm³/mol. The van der Waals surface area contributed by atoms with Crippen molar-refractivity contribution in [2.45, 2.75) is 0 Å². The molecule has 0 spiro atoms. The number of nitrogens with zero attached hydrogens (tertiary/aromatic N) is 2. The molecule has 3 rings (SSSR count). The molecule has 0 aliphatic carbocycles. The van der Waals surface area contributed by atoms with Crippen LogP contribution >= 0.6 is 27.5 Å². The average molecular weight is 362 g/mol. The van der Waals surface area contributed by atoms with Crippen molar-refractivity contribution in [3.05, 3.63) is 81.8 Å². The highest BCUT2D eigenvalue weighted by Crippen LogP contribution is 2.25. The normalized spacial score (nSPS) is 10.6. The van der Waals surface area contributed by atoms with E-state index in [9.17, 15) is 4.79 Å². The van der Waals surface area contributed by atoms with Crippen LogP contribution in [0.4, 0.5) is 0 Å². The lowest BCUT2D eigenvalue weighted by Crippen LogP contribution is -2.07. The summed E-state index contributed by atoms with van der Waals surface area (Å²) in [4.78, 5) is 16.8. The van der Waals surface area contributed by atoms with E-state index < -0.39 is 0 Å². The first-order valence-corrected chi connectivity index (χ1v) is 7.42. The van der Waals surface area contributed by atoms with Crippen LogP contribution in [0, 0.1) is 0 Å². The standard InChI is InChI=1S/C16H10BrClN2O/c17-16-19-8-9-20(16)14-7-6-12(18)10-13(14)15(21)11-4-2-1-3-5-11/h1-10H. The second-order valence-electron chi connectivity index (χ2n) is 4.42. The summed E-state index contributed by atoms with van der Waals surface area (Å²) in [5, 5.41) is 0.522. The van der Waals surface area contributed by atoms with Gasteiger partial charge in [0.05, 0.1) is 5.69 Å². The minimum Gasteiger partial charge on any atom is -0.294 e. The van der Waals surface area contributed by atoms with Crippen LogP contribution in [0.5, 0.6) is 0 Å². The third kappa shape index (κ3) is 2.77. The summed E-state index contributed by atoms with van der Waals surface area (Å²) < 4.78 is 2.43. The molecule has 3 aromatic rings. The lowest BCUT2D eigenvalue weighted by atomic mass is 10.0. The van der Waals surface area contributed by atoms with E-state index in [0.717, 1.165) is 5.69 Å². The number of halogens is 2. The lowest BCUT2D eigenvalue weighted by Gasteiger charge is -2.11. The molecule has 0 bridgehead atoms. The van der Waals surface area contributed by atoms with Gasteiger partial charge in [-0.1, -0.05) is 41.9 Å². The van der Waals surface area contributed by atoms with Gasteiger partial charge in [0.2, 0.25) is 0 Å². The van der Waals surface area contributed by atoms with Crippen LogP contribution < -0.4 is 0 Å². The van der Waals surface area contributed by atoms with Crippen molar-refractivity contribution in [1.29, 1.82) is 0 Å². The Morgan fingerprint density at radius 3 is 2.57 bits per heavy atom. The molecule has 0 radical (unpaired) electrons. The van der Waals surface area contributed by atoms with Crippen molar-refractivity contribution in [3.8, 4) is 5.69 Å². The van der Waals surface area contributed by atoms with E-state index in [2.05, 4.69) is 20.9 Å². The van der Waals surface area contributed by atoms with E-state index in [1.807, 2.05) is 24.3 Å². The molecule has 104 valence electrons. The van der Waals surface area contributed by atoms with Gasteiger partial charge in [-0.05, 0) is 34.1 Å². The van der Waals surface area contributed by atoms with Gasteiger partial charge in [0.15, 0.2) is 10.5 Å². The molecule has 0 amide bonds. The Morgan fingerprint density at radius 1 is 1.14 bits per heavy atom. The minimum absolute atomic E-state index is 0.0753. The van der Waals surface area contributed by atoms with Gasteiger partial charge in [-0.25, -0.2) is 4.98 Å². The molecule has 0 N–H and O–H groups in total. The van der Waals surface area contributed by atoms with Crippen molar-refractivity contribution >= 4 is 33.3 Å². The predicted octanol–water partition coefficient (Wildman–Crippen LogP) is 4.52. The van der Waals surface area contributed by atoms with E-state index >= 15 is 0 Å². The average Bonchev–Trinajstić information content (AvgIpc) is 2.93. The fraction of sp³-hybridized carbons (Fsp3) is 0. The highest BCUT2D eigenvalue weighted by Gasteiger charge is 2.16. The SMILES string of the molecule is O=C(c1ccccc1)c1cc(Cl)ccc1-n1ccnc1Br. The van der Waals surface area contributed by atoms with Crippen LogP contribution in [-0.4, -0.2) is 15.3 Å². The first-order valence-electron chi connectivity index (χ1n) is 6.25. The van der Waals surface area contributed by atoms with Crippen molar-refractivity contribution in [2.24, 2.45) is 0 Å². The number of benzene rings is 2. The smallest absolute Gasteiger partial charge is 0.195 e. The van der Waals surface area contributed by atoms with E-state index in [1.165, 1.54) is 0 Å². The summed E-state index contributed by atoms with van der Waals surface area (Å²) in [5.41, 5.74) is 1.89. The van der Waals surface area contributed by atoms with E-state index in [4.69, 9.17) is 11.6 Å². The van der Waals surface area contributed by atoms with Crippen LogP contribution in [0.3, 0.4) is 0 Å². The highest BCUT2D eigenvalue weighted by atomic mass is 79.9. The molecule has 5 heteroatoms. The quantitative estimate of drug-likeness (QED) is 0.643. The van der Waals surface area contributed by atoms with Gasteiger partial charge in [0.25, 0.3) is 0 Å². The third-order valence-electron chi connectivity index (χ3n) is 3.09. The summed E-state index contributed by atoms with van der Waals surface area (Å²) in [7, 11) is 0. The highest BCUT2D eigenvalue weighted by molar-refractivity contribution is 9.10. The number of hydrogen-bond acceptors (Lipinski definition) is 2. The van der Waals surface area contributed by atoms with E-state index in [-0.39, 0.29) is 5.78 Å². The van der Waals surface area contributed by atoms with Gasteiger partial charge in [0.1, 0.15) is 0 Å². The van der Waals surface area contributed by atoms with Crippen molar-refractivity contribution in [2.75, 3.05) is 0 Å². The molecular formula is C16H10BrClN2O. The Bertz CT molecular complexity index is 799. The number of ketones is 1. The summed E-state index contributed by atoms with van der Waals surface area (Å²) in [5.74, 6) is -0.0753. The summed E-state index contributed by atoms with van der Waals surface area (Å²) in [6.45, 7) is 0. The number of hydrogen-bond donors (Lipinski definition) is 0. The molecule has 0 aliphatic rings. The first-order chi connectivity index (χ1) is 10.2. The monoisotopic (exact) mass is 360 g/mol. The van der Waals surface area contributed by atoms with Gasteiger partial charge in [-0.15, -0.1) is 0 Å². The van der Waals surface area contributed by atoms with Crippen molar-refractivity contribution in [3.63, 3.8) is 0 Å². The van der Waals surface area contributed by atoms with E-state index in [0.29, 0.717) is 20.9 Å². The summed E-state index contributed by atoms with van der Waals surface area (Å²) in [6.07, 6.45) is 3.45. The lowest BCUT2D eigenvalue weighted by molar-refractivity contribution is 0.103. The zero-order valence-corrected chi connectivity index (χ0v) is 13.2. The maximum atomic E-state index is 12.7. The van der Waals surface area contributed by atoms with Gasteiger partial charge in [0, 0.05) is 28.5 Å². The maximum absolute atomic E-state index is 12.7. The minimum atomic E-state index is -0.0753. The number of carbonyl (C=O) groups is 1. The van der Waals surface area contributed by atoms with E-state index in [1.54, 1.807) is 41.2 Å². The number of rotatable bonds is 3. The number of aromatic nitrogens is 2. The fourth-order valence-corrected chi connectivity index (χ4v) is 2.71. The second kappa shape index (κ2) is 5.84. The molecule has 1 heterocycles. The Balaban J connectivity index is 2.16. The Hall–Kier alpha value is -1.91. The maximum Gasteiger partial charge on any atom is 0.195 e. The molecule has 0 saturated carbocycles. The third-order valence-corrected chi connectivity index (χ3v) is 3.92. The first kappa shape index (κ1) is 14.0. The van der Waals surface area contributed by atoms with Gasteiger partial charge < -0.3 is 0 Å². The molecule has 0 unspecified atom stereocenters. The molecule has 0 atom stereocenters. The second-order valence-corrected chi connectivity index (χ2v) is 5.57. The Morgan fingerprint density at radius 2 is 1.90 bits per heavy atom. The van der Waals surface area contributed by atoms with Crippen LogP contribution in [-0.2, 0) is 0 Å². The molecule has 3 nitrogen and oxygen atoms in total. The zero-order valence-electron chi connectivity index (χ0n) is 10.8. The van der Waals surface area contributed by atoms with Crippen LogP contribution in [0.15, 0.2) is 65.7 Å². The van der Waals surface area contributed by atoms with Gasteiger partial charge in [-0.3, -0.25) is 9.36 Å². The van der Waals surface area contributed by atoms with Gasteiger partial charge >= 0.3 is 0 Å². The number of carbonyl (C=O) groups excluding carboxylic acids is 1. The molecular weight excluding hydrogens is 352 g/mol. The zero-order chi connectivity index (χ0) is 14.8. The van der Waals surface area contributed by atoms with Crippen molar-refractivity contribution in [1.82, 2.24) is 9.55 Å². The Kier molecular flexibility index (Phi) is 3.90.